The Morgan fingerprint density at radius 1 is 1.25 bits per heavy atom. The fourth-order valence-corrected chi connectivity index (χ4v) is 2.63. The van der Waals surface area contributed by atoms with E-state index in [4.69, 9.17) is 0 Å². The maximum Gasteiger partial charge on any atom is 0.219 e. The molecule has 1 aliphatic rings. The van der Waals surface area contributed by atoms with Crippen LogP contribution in [0.1, 0.15) is 31.1 Å². The molecule has 0 aliphatic carbocycles. The van der Waals surface area contributed by atoms with Gasteiger partial charge in [0, 0.05) is 38.2 Å². The van der Waals surface area contributed by atoms with Gasteiger partial charge in [-0.25, -0.2) is 4.39 Å². The summed E-state index contributed by atoms with van der Waals surface area (Å²) in [6.07, 6.45) is 0. The maximum absolute atomic E-state index is 14.1. The van der Waals surface area contributed by atoms with Gasteiger partial charge < -0.3 is 9.80 Å². The third kappa shape index (κ3) is 2.81. The summed E-state index contributed by atoms with van der Waals surface area (Å²) in [7, 11) is 0. The van der Waals surface area contributed by atoms with Gasteiger partial charge in [0.25, 0.3) is 0 Å². The Morgan fingerprint density at radius 2 is 1.95 bits per heavy atom. The third-order valence-corrected chi connectivity index (χ3v) is 3.73. The highest BCUT2D eigenvalue weighted by atomic mass is 19.1. The molecule has 0 aromatic heterocycles. The van der Waals surface area contributed by atoms with Crippen molar-refractivity contribution in [3.63, 3.8) is 0 Å². The van der Waals surface area contributed by atoms with Crippen molar-refractivity contribution in [3.05, 3.63) is 29.6 Å². The molecule has 1 aliphatic heterocycles. The molecule has 0 spiro atoms. The van der Waals surface area contributed by atoms with Crippen LogP contribution in [0.2, 0.25) is 0 Å². The lowest BCUT2D eigenvalue weighted by Crippen LogP contribution is -2.53. The Balaban J connectivity index is 2.18. The fraction of sp³-hybridized carbons (Fsp3) is 0.467. The predicted molar refractivity (Wildman–Crippen MR) is 75.5 cm³/mol. The number of benzene rings is 1. The minimum Gasteiger partial charge on any atom is -0.365 e. The van der Waals surface area contributed by atoms with E-state index in [0.29, 0.717) is 30.9 Å². The smallest absolute Gasteiger partial charge is 0.219 e. The molecule has 4 nitrogen and oxygen atoms in total. The molecule has 1 aromatic carbocycles. The molecular formula is C15H19FN2O2. The van der Waals surface area contributed by atoms with Gasteiger partial charge in [0.1, 0.15) is 5.82 Å². The largest absolute Gasteiger partial charge is 0.365 e. The SMILES string of the molecule is CC(=O)c1ccc(N2CCN(C(C)=O)[C@H](C)C2)c(F)c1. The topological polar surface area (TPSA) is 40.6 Å². The lowest BCUT2D eigenvalue weighted by Gasteiger charge is -2.40. The molecule has 0 unspecified atom stereocenters. The predicted octanol–water partition coefficient (Wildman–Crippen LogP) is 2.09. The van der Waals surface area contributed by atoms with Crippen molar-refractivity contribution in [1.29, 1.82) is 0 Å². The maximum atomic E-state index is 14.1. The molecule has 0 bridgehead atoms. The van der Waals surface area contributed by atoms with Crippen LogP contribution in [0.3, 0.4) is 0 Å². The number of rotatable bonds is 2. The molecule has 1 heterocycles. The van der Waals surface area contributed by atoms with Crippen LogP contribution >= 0.6 is 0 Å². The van der Waals surface area contributed by atoms with Crippen LogP contribution in [0.15, 0.2) is 18.2 Å². The summed E-state index contributed by atoms with van der Waals surface area (Å²) < 4.78 is 14.1. The number of amides is 1. The van der Waals surface area contributed by atoms with E-state index in [1.54, 1.807) is 24.0 Å². The van der Waals surface area contributed by atoms with Gasteiger partial charge in [-0.15, -0.1) is 0 Å². The highest BCUT2D eigenvalue weighted by molar-refractivity contribution is 5.94. The van der Waals surface area contributed by atoms with Gasteiger partial charge in [-0.2, -0.15) is 0 Å². The molecule has 1 amide bonds. The summed E-state index contributed by atoms with van der Waals surface area (Å²) in [6, 6.07) is 4.61. The van der Waals surface area contributed by atoms with E-state index in [1.165, 1.54) is 13.0 Å². The molecule has 1 fully saturated rings. The lowest BCUT2D eigenvalue weighted by atomic mass is 10.1. The van der Waals surface area contributed by atoms with Crippen molar-refractivity contribution in [2.45, 2.75) is 26.8 Å². The Morgan fingerprint density at radius 3 is 2.45 bits per heavy atom. The van der Waals surface area contributed by atoms with Crippen molar-refractivity contribution >= 4 is 17.4 Å². The van der Waals surface area contributed by atoms with Crippen molar-refractivity contribution in [2.75, 3.05) is 24.5 Å². The second kappa shape index (κ2) is 5.61. The number of hydrogen-bond donors (Lipinski definition) is 0. The number of carbonyl (C=O) groups is 2. The Bertz CT molecular complexity index is 545. The van der Waals surface area contributed by atoms with E-state index in [-0.39, 0.29) is 23.5 Å². The van der Waals surface area contributed by atoms with E-state index < -0.39 is 0 Å². The van der Waals surface area contributed by atoms with Gasteiger partial charge in [-0.1, -0.05) is 0 Å². The van der Waals surface area contributed by atoms with Gasteiger partial charge in [-0.05, 0) is 32.0 Å². The third-order valence-electron chi connectivity index (χ3n) is 3.73. The van der Waals surface area contributed by atoms with Crippen LogP contribution < -0.4 is 4.90 Å². The van der Waals surface area contributed by atoms with Crippen molar-refractivity contribution in [1.82, 2.24) is 4.90 Å². The molecule has 2 rings (SSSR count). The number of hydrogen-bond acceptors (Lipinski definition) is 3. The minimum absolute atomic E-state index is 0.0459. The average molecular weight is 278 g/mol. The van der Waals surface area contributed by atoms with E-state index in [2.05, 4.69) is 0 Å². The molecular weight excluding hydrogens is 259 g/mol. The highest BCUT2D eigenvalue weighted by Gasteiger charge is 2.26. The Hall–Kier alpha value is -1.91. The van der Waals surface area contributed by atoms with E-state index in [9.17, 15) is 14.0 Å². The van der Waals surface area contributed by atoms with Crippen molar-refractivity contribution in [2.24, 2.45) is 0 Å². The first-order valence-electron chi connectivity index (χ1n) is 6.72. The summed E-state index contributed by atoms with van der Waals surface area (Å²) in [4.78, 5) is 26.4. The first-order chi connectivity index (χ1) is 9.40. The van der Waals surface area contributed by atoms with Gasteiger partial charge in [0.2, 0.25) is 5.91 Å². The van der Waals surface area contributed by atoms with E-state index >= 15 is 0 Å². The number of piperazine rings is 1. The summed E-state index contributed by atoms with van der Waals surface area (Å²) >= 11 is 0. The van der Waals surface area contributed by atoms with E-state index in [1.807, 2.05) is 11.8 Å². The number of ketones is 1. The van der Waals surface area contributed by atoms with Gasteiger partial charge in [0.05, 0.1) is 5.69 Å². The average Bonchev–Trinajstić information content (AvgIpc) is 2.37. The summed E-state index contributed by atoms with van der Waals surface area (Å²) in [6.45, 7) is 6.70. The van der Waals surface area contributed by atoms with Gasteiger partial charge in [0.15, 0.2) is 5.78 Å². The van der Waals surface area contributed by atoms with Crippen LogP contribution in [0.4, 0.5) is 10.1 Å². The summed E-state index contributed by atoms with van der Waals surface area (Å²) in [5, 5.41) is 0. The zero-order valence-corrected chi connectivity index (χ0v) is 12.0. The van der Waals surface area contributed by atoms with Crippen LogP contribution in [-0.2, 0) is 4.79 Å². The van der Waals surface area contributed by atoms with Crippen LogP contribution in [-0.4, -0.2) is 42.3 Å². The summed E-state index contributed by atoms with van der Waals surface area (Å²) in [5.74, 6) is -0.490. The highest BCUT2D eigenvalue weighted by Crippen LogP contribution is 2.24. The number of anilines is 1. The molecule has 20 heavy (non-hydrogen) atoms. The second-order valence-electron chi connectivity index (χ2n) is 5.23. The quantitative estimate of drug-likeness (QED) is 0.778. The van der Waals surface area contributed by atoms with Crippen LogP contribution in [0.5, 0.6) is 0 Å². The molecule has 0 radical (unpaired) electrons. The molecule has 108 valence electrons. The molecule has 1 aromatic rings. The normalized spacial score (nSPS) is 19.1. The summed E-state index contributed by atoms with van der Waals surface area (Å²) in [5.41, 5.74) is 0.867. The Labute approximate surface area is 118 Å². The van der Waals surface area contributed by atoms with Crippen molar-refractivity contribution in [3.8, 4) is 0 Å². The number of halogens is 1. The number of nitrogens with zero attached hydrogens (tertiary/aromatic N) is 2. The van der Waals surface area contributed by atoms with E-state index in [0.717, 1.165) is 0 Å². The van der Waals surface area contributed by atoms with Crippen LogP contribution in [0.25, 0.3) is 0 Å². The van der Waals surface area contributed by atoms with Crippen molar-refractivity contribution < 1.29 is 14.0 Å². The van der Waals surface area contributed by atoms with Crippen LogP contribution in [0, 0.1) is 5.82 Å². The second-order valence-corrected chi connectivity index (χ2v) is 5.23. The van der Waals surface area contributed by atoms with Gasteiger partial charge >= 0.3 is 0 Å². The molecule has 1 atom stereocenters. The number of Topliss-reactive ketones (excluding diaryl/α,β-unsaturated/α-hetero) is 1. The number of carbonyl (C=O) groups excluding carboxylic acids is 2. The van der Waals surface area contributed by atoms with Gasteiger partial charge in [-0.3, -0.25) is 9.59 Å². The standard InChI is InChI=1S/C15H19FN2O2/c1-10-9-17(6-7-18(10)12(3)20)15-5-4-13(11(2)19)8-14(15)16/h4-5,8,10H,6-7,9H2,1-3H3/t10-/m1/s1. The zero-order chi connectivity index (χ0) is 14.9. The molecule has 1 saturated heterocycles. The minimum atomic E-state index is -0.388. The lowest BCUT2D eigenvalue weighted by molar-refractivity contribution is -0.131. The first-order valence-corrected chi connectivity index (χ1v) is 6.72. The molecule has 0 N–H and O–H groups in total. The first kappa shape index (κ1) is 14.5. The monoisotopic (exact) mass is 278 g/mol. The molecule has 5 heteroatoms. The fourth-order valence-electron chi connectivity index (χ4n) is 2.63. The Kier molecular flexibility index (Phi) is 4.06. The molecule has 0 saturated carbocycles. The zero-order valence-electron chi connectivity index (χ0n) is 12.0.